The summed E-state index contributed by atoms with van der Waals surface area (Å²) < 4.78 is 0. The summed E-state index contributed by atoms with van der Waals surface area (Å²) in [6.45, 7) is 10.2. The number of carbonyl (C=O) groups is 14. The average molecular weight is 1160 g/mol. The minimum atomic E-state index is -2.02. The first-order valence-corrected chi connectivity index (χ1v) is 26.1. The van der Waals surface area contributed by atoms with Crippen LogP contribution in [0.5, 0.6) is 0 Å². The van der Waals surface area contributed by atoms with E-state index < -0.39 is 200 Å². The van der Waals surface area contributed by atoms with Gasteiger partial charge in [-0.3, -0.25) is 62.3 Å². The van der Waals surface area contributed by atoms with Crippen molar-refractivity contribution in [1.29, 1.82) is 0 Å². The van der Waals surface area contributed by atoms with Gasteiger partial charge in [-0.25, -0.2) is 4.79 Å². The summed E-state index contributed by atoms with van der Waals surface area (Å²) in [5.41, 5.74) is 12.1. The number of aliphatic hydroxyl groups is 1. The van der Waals surface area contributed by atoms with E-state index in [9.17, 15) is 87.5 Å². The van der Waals surface area contributed by atoms with E-state index in [1.807, 2.05) is 0 Å². The van der Waals surface area contributed by atoms with Gasteiger partial charge in [0.2, 0.25) is 65.0 Å². The molecule has 0 spiro atoms. The Balaban J connectivity index is 2.34. The van der Waals surface area contributed by atoms with Gasteiger partial charge in [-0.2, -0.15) is 0 Å². The molecule has 2 rings (SSSR count). The molecular weight excluding hydrogens is 1080 g/mol. The Kier molecular flexibility index (Phi) is 28.0. The van der Waals surface area contributed by atoms with Crippen LogP contribution in [-0.4, -0.2) is 182 Å². The molecule has 0 aliphatic carbocycles. The maximum Gasteiger partial charge on any atom is 0.326 e. The van der Waals surface area contributed by atoms with Crippen molar-refractivity contribution in [3.8, 4) is 0 Å². The zero-order chi connectivity index (χ0) is 62.3. The molecule has 31 nitrogen and oxygen atoms in total. The number of H-pyrrole nitrogens is 1. The Morgan fingerprint density at radius 1 is 0.537 bits per heavy atom. The summed E-state index contributed by atoms with van der Waals surface area (Å²) in [5.74, 6) is -17.6. The number of carboxylic acid groups (broad SMARTS) is 3. The molecule has 0 saturated heterocycles. The number of amides is 11. The lowest BCUT2D eigenvalue weighted by atomic mass is 10.0. The van der Waals surface area contributed by atoms with Crippen LogP contribution in [-0.2, 0) is 73.5 Å². The monoisotopic (exact) mass is 1160 g/mol. The van der Waals surface area contributed by atoms with Gasteiger partial charge in [0.15, 0.2) is 0 Å². The Labute approximate surface area is 471 Å². The number of nitrogens with two attached hydrogens (primary N) is 2. The molecule has 11 amide bonds. The highest BCUT2D eigenvalue weighted by molar-refractivity contribution is 6.00. The standard InChI is InChI=1S/C51H77N13O18/c1-22(2)15-31(46(76)60-33(17-36(53)66)44(74)55-20-37(67)63-40(23(3)4)50(80)64-41(24(5)6)51(81)82)59-49(79)35(21-65)62-45(75)30(13-14-38(68)69)57-48(78)34(18-39(70)71)61-47(77)32(58-43(73)26(8)56-42(72)25(7)52)16-27-19-54-29-12-10-9-11-28(27)29/h9-12,19,22-26,30-35,40-41,54,65H,13-18,20-21,52H2,1-8H3,(H2,53,66)(H,55,74)(H,56,72)(H,57,78)(H,58,73)(H,59,79)(H,60,76)(H,61,77)(H,62,75)(H,63,67)(H,64,80)(H,68,69)(H,70,71)(H,81,82)/t25-,26-,30-,31-,32-,33-,34-,35-,40-,41-/m0/s1. The van der Waals surface area contributed by atoms with Gasteiger partial charge >= 0.3 is 17.9 Å². The number of carbonyl (C=O) groups excluding carboxylic acids is 11. The van der Waals surface area contributed by atoms with Gasteiger partial charge in [0, 0.05) is 29.9 Å². The summed E-state index contributed by atoms with van der Waals surface area (Å²) >= 11 is 0. The first-order chi connectivity index (χ1) is 38.3. The second kappa shape index (κ2) is 33.1. The summed E-state index contributed by atoms with van der Waals surface area (Å²) in [5, 5.41) is 62.8. The van der Waals surface area contributed by atoms with Gasteiger partial charge in [-0.05, 0) is 56.1 Å². The van der Waals surface area contributed by atoms with Crippen LogP contribution in [0.25, 0.3) is 10.9 Å². The molecule has 1 heterocycles. The molecule has 2 aromatic rings. The van der Waals surface area contributed by atoms with Crippen molar-refractivity contribution >= 4 is 93.8 Å². The molecule has 19 N–H and O–H groups in total. The summed E-state index contributed by atoms with van der Waals surface area (Å²) in [4.78, 5) is 185. The Hall–Kier alpha value is -8.74. The lowest BCUT2D eigenvalue weighted by molar-refractivity contribution is -0.144. The number of para-hydroxylation sites is 1. The van der Waals surface area contributed by atoms with Gasteiger partial charge in [0.05, 0.1) is 32.0 Å². The molecule has 454 valence electrons. The van der Waals surface area contributed by atoms with E-state index in [0.29, 0.717) is 16.5 Å². The van der Waals surface area contributed by atoms with Crippen molar-refractivity contribution in [2.24, 2.45) is 29.2 Å². The van der Waals surface area contributed by atoms with Crippen LogP contribution in [0.15, 0.2) is 30.5 Å². The van der Waals surface area contributed by atoms with E-state index >= 15 is 0 Å². The van der Waals surface area contributed by atoms with Crippen molar-refractivity contribution < 1.29 is 87.5 Å². The molecule has 0 fully saturated rings. The number of fused-ring (bicyclic) bond motifs is 1. The van der Waals surface area contributed by atoms with Crippen LogP contribution in [0, 0.1) is 17.8 Å². The van der Waals surface area contributed by atoms with Crippen molar-refractivity contribution in [3.05, 3.63) is 36.0 Å². The molecular formula is C51H77N13O18. The number of benzene rings is 1. The third-order valence-corrected chi connectivity index (χ3v) is 12.3. The largest absolute Gasteiger partial charge is 0.481 e. The van der Waals surface area contributed by atoms with Crippen molar-refractivity contribution in [2.75, 3.05) is 13.2 Å². The lowest BCUT2D eigenvalue weighted by Crippen LogP contribution is -2.61. The number of aliphatic carboxylic acids is 3. The molecule has 10 atom stereocenters. The van der Waals surface area contributed by atoms with E-state index in [-0.39, 0.29) is 12.8 Å². The maximum atomic E-state index is 14.1. The van der Waals surface area contributed by atoms with E-state index in [1.54, 1.807) is 72.0 Å². The van der Waals surface area contributed by atoms with E-state index in [2.05, 4.69) is 58.2 Å². The normalized spacial score (nSPS) is 14.8. The third kappa shape index (κ3) is 23.2. The van der Waals surface area contributed by atoms with Crippen LogP contribution < -0.4 is 64.6 Å². The number of aromatic nitrogens is 1. The number of nitrogens with one attached hydrogen (secondary N) is 11. The molecule has 31 heteroatoms. The predicted molar refractivity (Wildman–Crippen MR) is 288 cm³/mol. The molecule has 0 bridgehead atoms. The van der Waals surface area contributed by atoms with Gasteiger partial charge in [-0.15, -0.1) is 0 Å². The topological polar surface area (TPSA) is 508 Å². The number of primary amides is 1. The van der Waals surface area contributed by atoms with Crippen molar-refractivity contribution in [2.45, 2.75) is 154 Å². The number of aliphatic hydroxyl groups excluding tert-OH is 1. The van der Waals surface area contributed by atoms with Crippen molar-refractivity contribution in [1.82, 2.24) is 58.2 Å². The molecule has 0 radical (unpaired) electrons. The Morgan fingerprint density at radius 3 is 1.59 bits per heavy atom. The zero-order valence-electron chi connectivity index (χ0n) is 46.7. The smallest absolute Gasteiger partial charge is 0.326 e. The van der Waals surface area contributed by atoms with Gasteiger partial charge in [0.1, 0.15) is 54.4 Å². The Morgan fingerprint density at radius 2 is 1.05 bits per heavy atom. The number of carboxylic acids is 3. The summed E-state index contributed by atoms with van der Waals surface area (Å²) in [6.07, 6.45) is -2.38. The molecule has 0 unspecified atom stereocenters. The van der Waals surface area contributed by atoms with Gasteiger partial charge in [-0.1, -0.05) is 59.7 Å². The SMILES string of the molecule is CC(C)C[C@H](NC(=O)[C@H](CO)NC(=O)[C@H](CCC(=O)O)NC(=O)[C@H](CC(=O)O)NC(=O)[C@H](Cc1c[nH]c2ccccc12)NC(=O)[C@H](C)NC(=O)[C@H](C)N)C(=O)N[C@@H](CC(N)=O)C(=O)NCC(=O)N[C@H](C(=O)N[C@H](C(=O)O)C(C)C)C(C)C. The average Bonchev–Trinajstić information content (AvgIpc) is 3.79. The fourth-order valence-electron chi connectivity index (χ4n) is 7.83. The highest BCUT2D eigenvalue weighted by Crippen LogP contribution is 2.20. The van der Waals surface area contributed by atoms with Gasteiger partial charge < -0.3 is 90.0 Å². The fourth-order valence-corrected chi connectivity index (χ4v) is 7.83. The maximum absolute atomic E-state index is 14.1. The molecule has 1 aromatic carbocycles. The van der Waals surface area contributed by atoms with Crippen LogP contribution in [0.2, 0.25) is 0 Å². The molecule has 0 aliphatic heterocycles. The zero-order valence-corrected chi connectivity index (χ0v) is 46.7. The third-order valence-electron chi connectivity index (χ3n) is 12.3. The van der Waals surface area contributed by atoms with Crippen LogP contribution >= 0.6 is 0 Å². The molecule has 0 aliphatic rings. The van der Waals surface area contributed by atoms with Crippen LogP contribution in [0.1, 0.15) is 93.1 Å². The molecule has 0 saturated carbocycles. The number of aromatic amines is 1. The summed E-state index contributed by atoms with van der Waals surface area (Å²) in [7, 11) is 0. The first kappa shape index (κ1) is 69.4. The highest BCUT2D eigenvalue weighted by Gasteiger charge is 2.36. The van der Waals surface area contributed by atoms with Gasteiger partial charge in [0.25, 0.3) is 0 Å². The number of hydrogen-bond donors (Lipinski definition) is 17. The van der Waals surface area contributed by atoms with Crippen LogP contribution in [0.3, 0.4) is 0 Å². The van der Waals surface area contributed by atoms with E-state index in [1.165, 1.54) is 13.8 Å². The molecule has 1 aromatic heterocycles. The number of rotatable bonds is 35. The highest BCUT2D eigenvalue weighted by atomic mass is 16.4. The predicted octanol–water partition coefficient (Wildman–Crippen LogP) is -4.79. The summed E-state index contributed by atoms with van der Waals surface area (Å²) in [6, 6.07) is -8.71. The Bertz CT molecular complexity index is 2660. The quantitative estimate of drug-likeness (QED) is 0.0308. The lowest BCUT2D eigenvalue weighted by Gasteiger charge is -2.27. The minimum absolute atomic E-state index is 0.182. The minimum Gasteiger partial charge on any atom is -0.481 e. The number of hydrogen-bond acceptors (Lipinski definition) is 16. The molecule has 82 heavy (non-hydrogen) atoms. The first-order valence-electron chi connectivity index (χ1n) is 26.1. The second-order valence-electron chi connectivity index (χ2n) is 20.5. The van der Waals surface area contributed by atoms with Crippen LogP contribution in [0.4, 0.5) is 0 Å². The van der Waals surface area contributed by atoms with Crippen molar-refractivity contribution in [3.63, 3.8) is 0 Å². The fraction of sp³-hybridized carbons (Fsp3) is 0.569. The van der Waals surface area contributed by atoms with E-state index in [4.69, 9.17) is 11.5 Å². The second-order valence-corrected chi connectivity index (χ2v) is 20.5. The van der Waals surface area contributed by atoms with E-state index in [0.717, 1.165) is 0 Å².